The van der Waals surface area contributed by atoms with Crippen LogP contribution in [0.1, 0.15) is 44.9 Å². The van der Waals surface area contributed by atoms with Crippen molar-refractivity contribution in [3.05, 3.63) is 34.9 Å². The summed E-state index contributed by atoms with van der Waals surface area (Å²) in [5.41, 5.74) is 2.87. The minimum atomic E-state index is -0.434. The second-order valence-electron chi connectivity index (χ2n) is 10.6. The molecular weight excluding hydrogens is 380 g/mol. The molecule has 0 amide bonds. The minimum absolute atomic E-state index is 0.161. The van der Waals surface area contributed by atoms with Crippen LogP contribution in [0.4, 0.5) is 0 Å². The molecule has 30 heavy (non-hydrogen) atoms. The number of ether oxygens (including phenoxy) is 2. The fourth-order valence-electron chi connectivity index (χ4n) is 8.80. The zero-order chi connectivity index (χ0) is 19.8. The molecule has 2 spiro atoms. The number of nitrogens with zero attached hydrogens (tertiary/aromatic N) is 2. The number of hydrogen-bond acceptors (Lipinski definition) is 6. The van der Waals surface area contributed by atoms with Gasteiger partial charge in [-0.25, -0.2) is 9.59 Å². The van der Waals surface area contributed by atoms with Crippen LogP contribution in [0.5, 0.6) is 0 Å². The van der Waals surface area contributed by atoms with Gasteiger partial charge >= 0.3 is 11.9 Å². The molecule has 6 heterocycles. The molecule has 8 aliphatic rings. The van der Waals surface area contributed by atoms with E-state index in [9.17, 15) is 9.59 Å². The fraction of sp³-hybridized carbons (Fsp3) is 0.667. The molecule has 2 aliphatic carbocycles. The van der Waals surface area contributed by atoms with E-state index in [0.717, 1.165) is 50.8 Å². The van der Waals surface area contributed by atoms with E-state index in [1.54, 1.807) is 12.2 Å². The number of esters is 2. The zero-order valence-electron chi connectivity index (χ0n) is 17.0. The molecule has 5 fully saturated rings. The van der Waals surface area contributed by atoms with E-state index in [1.807, 2.05) is 0 Å². The molecule has 156 valence electrons. The van der Waals surface area contributed by atoms with Crippen LogP contribution >= 0.6 is 0 Å². The SMILES string of the molecule is O=C1C=C2C[C@@H](C3=C[C@H]4C[C@]5(OC(=O)C=C35)[C@@H]3CCCN34)[C@H]3C[C@]2(O1)[C@@H]1CCCN31. The molecule has 6 heteroatoms. The van der Waals surface area contributed by atoms with E-state index >= 15 is 0 Å². The third-order valence-corrected chi connectivity index (χ3v) is 9.65. The van der Waals surface area contributed by atoms with Crippen LogP contribution in [0.25, 0.3) is 0 Å². The summed E-state index contributed by atoms with van der Waals surface area (Å²) in [6, 6.07) is 1.41. The Labute approximate surface area is 175 Å². The molecule has 6 aliphatic heterocycles. The quantitative estimate of drug-likeness (QED) is 0.620. The van der Waals surface area contributed by atoms with Crippen molar-refractivity contribution in [2.24, 2.45) is 5.92 Å². The highest BCUT2D eigenvalue weighted by molar-refractivity contribution is 5.90. The Hall–Kier alpha value is -1.92. The van der Waals surface area contributed by atoms with E-state index in [0.29, 0.717) is 30.1 Å². The molecule has 0 aromatic rings. The predicted molar refractivity (Wildman–Crippen MR) is 106 cm³/mol. The Morgan fingerprint density at radius 1 is 0.900 bits per heavy atom. The number of rotatable bonds is 1. The highest BCUT2D eigenvalue weighted by atomic mass is 16.6. The summed E-state index contributed by atoms with van der Waals surface area (Å²) < 4.78 is 12.1. The lowest BCUT2D eigenvalue weighted by atomic mass is 9.66. The number of fused-ring (bicyclic) bond motifs is 6. The summed E-state index contributed by atoms with van der Waals surface area (Å²) in [6.45, 7) is 2.19. The lowest BCUT2D eigenvalue weighted by Gasteiger charge is -2.42. The Bertz CT molecular complexity index is 1010. The Kier molecular flexibility index (Phi) is 2.85. The van der Waals surface area contributed by atoms with Gasteiger partial charge in [0.25, 0.3) is 0 Å². The summed E-state index contributed by atoms with van der Waals surface area (Å²) >= 11 is 0. The van der Waals surface area contributed by atoms with Crippen molar-refractivity contribution in [3.63, 3.8) is 0 Å². The molecular formula is C24H26N2O4. The van der Waals surface area contributed by atoms with Gasteiger partial charge in [0.05, 0.1) is 12.1 Å². The molecule has 8 rings (SSSR count). The Balaban J connectivity index is 1.27. The van der Waals surface area contributed by atoms with E-state index in [1.165, 1.54) is 24.0 Å². The van der Waals surface area contributed by atoms with Gasteiger partial charge in [0.2, 0.25) is 0 Å². The van der Waals surface area contributed by atoms with Crippen molar-refractivity contribution < 1.29 is 19.1 Å². The zero-order valence-corrected chi connectivity index (χ0v) is 17.0. The smallest absolute Gasteiger partial charge is 0.332 e. The van der Waals surface area contributed by atoms with E-state index in [-0.39, 0.29) is 17.5 Å². The van der Waals surface area contributed by atoms with Crippen molar-refractivity contribution in [3.8, 4) is 0 Å². The summed E-state index contributed by atoms with van der Waals surface area (Å²) in [7, 11) is 0. The van der Waals surface area contributed by atoms with Gasteiger partial charge in [-0.1, -0.05) is 6.08 Å². The van der Waals surface area contributed by atoms with E-state index < -0.39 is 5.60 Å². The molecule has 6 nitrogen and oxygen atoms in total. The van der Waals surface area contributed by atoms with Crippen LogP contribution < -0.4 is 0 Å². The van der Waals surface area contributed by atoms with Crippen LogP contribution in [0.2, 0.25) is 0 Å². The monoisotopic (exact) mass is 406 g/mol. The van der Waals surface area contributed by atoms with Crippen LogP contribution in [0, 0.1) is 5.92 Å². The topological polar surface area (TPSA) is 59.1 Å². The van der Waals surface area contributed by atoms with Crippen LogP contribution in [-0.4, -0.2) is 70.2 Å². The van der Waals surface area contributed by atoms with Crippen LogP contribution in [0.3, 0.4) is 0 Å². The normalized spacial score (nSPS) is 50.4. The largest absolute Gasteiger partial charge is 0.450 e. The second kappa shape index (κ2) is 5.10. The van der Waals surface area contributed by atoms with Crippen LogP contribution in [0.15, 0.2) is 34.9 Å². The first-order valence-electron chi connectivity index (χ1n) is 11.7. The molecule has 4 bridgehead atoms. The second-order valence-corrected chi connectivity index (χ2v) is 10.6. The molecule has 0 radical (unpaired) electrons. The fourth-order valence-corrected chi connectivity index (χ4v) is 8.80. The van der Waals surface area contributed by atoms with Crippen molar-refractivity contribution in [1.29, 1.82) is 0 Å². The van der Waals surface area contributed by atoms with Crippen molar-refractivity contribution in [2.45, 2.75) is 80.3 Å². The first kappa shape index (κ1) is 16.7. The molecule has 1 saturated carbocycles. The van der Waals surface area contributed by atoms with Gasteiger partial charge in [-0.15, -0.1) is 0 Å². The molecule has 0 N–H and O–H groups in total. The lowest BCUT2D eigenvalue weighted by molar-refractivity contribution is -0.148. The van der Waals surface area contributed by atoms with Crippen molar-refractivity contribution in [1.82, 2.24) is 9.80 Å². The Morgan fingerprint density at radius 2 is 1.63 bits per heavy atom. The summed E-state index contributed by atoms with van der Waals surface area (Å²) in [5.74, 6) is -0.0176. The van der Waals surface area contributed by atoms with Crippen molar-refractivity contribution >= 4 is 11.9 Å². The maximum Gasteiger partial charge on any atom is 0.332 e. The average molecular weight is 406 g/mol. The van der Waals surface area contributed by atoms with Crippen LogP contribution in [-0.2, 0) is 19.1 Å². The molecule has 4 saturated heterocycles. The van der Waals surface area contributed by atoms with Gasteiger partial charge in [-0.2, -0.15) is 0 Å². The van der Waals surface area contributed by atoms with Gasteiger partial charge in [0.1, 0.15) is 0 Å². The minimum Gasteiger partial charge on any atom is -0.450 e. The molecule has 0 aromatic carbocycles. The third-order valence-electron chi connectivity index (χ3n) is 9.65. The third kappa shape index (κ3) is 1.71. The van der Waals surface area contributed by atoms with Gasteiger partial charge in [-0.05, 0) is 56.3 Å². The number of carbonyl (C=O) groups excluding carboxylic acids is 2. The summed E-state index contributed by atoms with van der Waals surface area (Å²) in [6.07, 6.45) is 13.3. The van der Waals surface area contributed by atoms with Gasteiger partial charge in [0.15, 0.2) is 11.2 Å². The predicted octanol–water partition coefficient (Wildman–Crippen LogP) is 1.86. The van der Waals surface area contributed by atoms with Gasteiger partial charge in [-0.3, -0.25) is 9.80 Å². The highest BCUT2D eigenvalue weighted by Crippen LogP contribution is 2.61. The van der Waals surface area contributed by atoms with Gasteiger partial charge < -0.3 is 9.47 Å². The Morgan fingerprint density at radius 3 is 2.50 bits per heavy atom. The first-order chi connectivity index (χ1) is 14.6. The maximum absolute atomic E-state index is 12.5. The standard InChI is InChI=1S/C24H26N2O4/c27-21-8-13-7-16(18-12-23(13,29-21)19-3-2-6-26(18)19)15-9-14-11-24(17(15)10-22(28)30-24)20-4-1-5-25(14)20/h8-10,14,16,18-20H,1-7,11-12H2/t14-,16-,18+,19-,20-,23+,24+/m0/s1. The molecule has 0 unspecified atom stereocenters. The van der Waals surface area contributed by atoms with E-state index in [4.69, 9.17) is 9.47 Å². The maximum atomic E-state index is 12.5. The summed E-state index contributed by atoms with van der Waals surface area (Å²) in [5, 5.41) is 0. The molecule has 0 aromatic heterocycles. The van der Waals surface area contributed by atoms with E-state index in [2.05, 4.69) is 15.9 Å². The lowest BCUT2D eigenvalue weighted by Crippen LogP contribution is -2.46. The summed E-state index contributed by atoms with van der Waals surface area (Å²) in [4.78, 5) is 30.1. The average Bonchev–Trinajstić information content (AvgIpc) is 3.50. The number of hydrogen-bond donors (Lipinski definition) is 0. The van der Waals surface area contributed by atoms with Gasteiger partial charge in [0, 0.05) is 48.6 Å². The molecule has 7 atom stereocenters. The van der Waals surface area contributed by atoms with Crippen molar-refractivity contribution in [2.75, 3.05) is 13.1 Å². The number of carbonyl (C=O) groups is 2. The first-order valence-corrected chi connectivity index (χ1v) is 11.7. The highest BCUT2D eigenvalue weighted by Gasteiger charge is 2.68.